The summed E-state index contributed by atoms with van der Waals surface area (Å²) < 4.78 is 32.0. The van der Waals surface area contributed by atoms with E-state index in [4.69, 9.17) is 16.3 Å². The Bertz CT molecular complexity index is 979. The Morgan fingerprint density at radius 1 is 1.03 bits per heavy atom. The second kappa shape index (κ2) is 9.07. The first-order valence-corrected chi connectivity index (χ1v) is 11.1. The van der Waals surface area contributed by atoms with Crippen molar-refractivity contribution in [1.29, 1.82) is 0 Å². The van der Waals surface area contributed by atoms with Gasteiger partial charge in [-0.2, -0.15) is 4.31 Å². The second-order valence-corrected chi connectivity index (χ2v) is 9.40. The van der Waals surface area contributed by atoms with Gasteiger partial charge >= 0.3 is 5.97 Å². The molecule has 0 saturated carbocycles. The topological polar surface area (TPSA) is 80.8 Å². The van der Waals surface area contributed by atoms with E-state index in [1.807, 2.05) is 6.92 Å². The van der Waals surface area contributed by atoms with Crippen molar-refractivity contribution in [2.45, 2.75) is 24.7 Å². The third-order valence-corrected chi connectivity index (χ3v) is 7.12. The van der Waals surface area contributed by atoms with Crippen LogP contribution in [0.1, 0.15) is 28.8 Å². The summed E-state index contributed by atoms with van der Waals surface area (Å²) in [6.07, 6.45) is 0.720. The van der Waals surface area contributed by atoms with E-state index in [1.54, 1.807) is 48.5 Å². The van der Waals surface area contributed by atoms with E-state index in [-0.39, 0.29) is 30.4 Å². The minimum atomic E-state index is -3.58. The van der Waals surface area contributed by atoms with Crippen LogP contribution >= 0.6 is 11.6 Å². The van der Waals surface area contributed by atoms with E-state index in [0.29, 0.717) is 23.4 Å². The fraction of sp³-hybridized carbons (Fsp3) is 0.333. The number of esters is 1. The fourth-order valence-corrected chi connectivity index (χ4v) is 4.76. The van der Waals surface area contributed by atoms with Crippen LogP contribution in [0.25, 0.3) is 0 Å². The smallest absolute Gasteiger partial charge is 0.309 e. The van der Waals surface area contributed by atoms with Crippen LogP contribution in [0.5, 0.6) is 0 Å². The van der Waals surface area contributed by atoms with Crippen LogP contribution in [0.2, 0.25) is 5.02 Å². The number of rotatable bonds is 6. The maximum absolute atomic E-state index is 12.7. The zero-order valence-corrected chi connectivity index (χ0v) is 17.6. The lowest BCUT2D eigenvalue weighted by molar-refractivity contribution is -0.148. The van der Waals surface area contributed by atoms with Gasteiger partial charge in [0.05, 0.1) is 10.8 Å². The van der Waals surface area contributed by atoms with Crippen molar-refractivity contribution in [1.82, 2.24) is 4.31 Å². The molecule has 29 heavy (non-hydrogen) atoms. The normalized spacial score (nSPS) is 15.8. The van der Waals surface area contributed by atoms with E-state index >= 15 is 0 Å². The fourth-order valence-electron chi connectivity index (χ4n) is 3.16. The molecule has 0 atom stereocenters. The molecule has 154 valence electrons. The minimum Gasteiger partial charge on any atom is -0.457 e. The molecule has 1 aliphatic rings. The van der Waals surface area contributed by atoms with Crippen LogP contribution in [0.3, 0.4) is 0 Å². The van der Waals surface area contributed by atoms with Crippen molar-refractivity contribution >= 4 is 33.4 Å². The molecule has 8 heteroatoms. The Morgan fingerprint density at radius 3 is 2.21 bits per heavy atom. The first-order valence-electron chi connectivity index (χ1n) is 9.29. The number of carbonyl (C=O) groups excluding carboxylic acids is 2. The van der Waals surface area contributed by atoms with E-state index in [2.05, 4.69) is 0 Å². The van der Waals surface area contributed by atoms with Gasteiger partial charge in [-0.3, -0.25) is 9.59 Å². The highest BCUT2D eigenvalue weighted by molar-refractivity contribution is 7.89. The van der Waals surface area contributed by atoms with Crippen LogP contribution in [0.15, 0.2) is 53.4 Å². The molecular weight excluding hydrogens is 414 g/mol. The number of Topliss-reactive ketones (excluding diaryl/α,β-unsaturated/α-hetero) is 1. The van der Waals surface area contributed by atoms with Gasteiger partial charge in [0, 0.05) is 23.7 Å². The molecule has 0 bridgehead atoms. The molecule has 2 aromatic carbocycles. The number of carbonyl (C=O) groups is 2. The lowest BCUT2D eigenvalue weighted by Crippen LogP contribution is -2.40. The molecule has 3 rings (SSSR count). The third kappa shape index (κ3) is 5.23. The first-order chi connectivity index (χ1) is 13.8. The standard InChI is InChI=1S/C21H22ClNO5S/c1-15-2-8-19(9-3-15)29(26,27)23-12-10-17(11-13-23)21(25)28-14-20(24)16-4-6-18(22)7-5-16/h2-9,17H,10-14H2,1H3. The molecule has 6 nitrogen and oxygen atoms in total. The van der Waals surface area contributed by atoms with Crippen molar-refractivity contribution in [2.75, 3.05) is 19.7 Å². The average molecular weight is 436 g/mol. The van der Waals surface area contributed by atoms with Gasteiger partial charge in [0.1, 0.15) is 0 Å². The molecule has 0 N–H and O–H groups in total. The van der Waals surface area contributed by atoms with Gasteiger partial charge in [-0.05, 0) is 56.2 Å². The van der Waals surface area contributed by atoms with Crippen molar-refractivity contribution in [2.24, 2.45) is 5.92 Å². The van der Waals surface area contributed by atoms with Gasteiger partial charge in [0.15, 0.2) is 12.4 Å². The molecule has 0 aromatic heterocycles. The van der Waals surface area contributed by atoms with Gasteiger partial charge in [-0.25, -0.2) is 8.42 Å². The van der Waals surface area contributed by atoms with E-state index in [0.717, 1.165) is 5.56 Å². The number of halogens is 1. The highest BCUT2D eigenvalue weighted by Crippen LogP contribution is 2.25. The minimum absolute atomic E-state index is 0.237. The molecule has 1 fully saturated rings. The van der Waals surface area contributed by atoms with Crippen LogP contribution in [-0.4, -0.2) is 44.2 Å². The van der Waals surface area contributed by atoms with Crippen molar-refractivity contribution in [3.63, 3.8) is 0 Å². The van der Waals surface area contributed by atoms with Gasteiger partial charge in [0.2, 0.25) is 10.0 Å². The predicted octanol–water partition coefficient (Wildman–Crippen LogP) is 3.48. The van der Waals surface area contributed by atoms with E-state index in [1.165, 1.54) is 4.31 Å². The molecule has 1 aliphatic heterocycles. The zero-order chi connectivity index (χ0) is 21.0. The number of ether oxygens (including phenoxy) is 1. The Kier molecular flexibility index (Phi) is 6.72. The second-order valence-electron chi connectivity index (χ2n) is 7.03. The number of benzene rings is 2. The quantitative estimate of drug-likeness (QED) is 0.512. The molecular formula is C21H22ClNO5S. The predicted molar refractivity (Wildman–Crippen MR) is 109 cm³/mol. The summed E-state index contributed by atoms with van der Waals surface area (Å²) in [5.41, 5.74) is 1.40. The molecule has 0 amide bonds. The lowest BCUT2D eigenvalue weighted by Gasteiger charge is -2.30. The van der Waals surface area contributed by atoms with Crippen molar-refractivity contribution in [3.05, 3.63) is 64.7 Å². The Labute approximate surface area is 175 Å². The summed E-state index contributed by atoms with van der Waals surface area (Å²) in [4.78, 5) is 24.6. The Hall–Kier alpha value is -2.22. The van der Waals surface area contributed by atoms with Crippen LogP contribution < -0.4 is 0 Å². The summed E-state index contributed by atoms with van der Waals surface area (Å²) in [7, 11) is -3.58. The van der Waals surface area contributed by atoms with E-state index in [9.17, 15) is 18.0 Å². The maximum Gasteiger partial charge on any atom is 0.309 e. The SMILES string of the molecule is Cc1ccc(S(=O)(=O)N2CCC(C(=O)OCC(=O)c3ccc(Cl)cc3)CC2)cc1. The molecule has 0 spiro atoms. The summed E-state index contributed by atoms with van der Waals surface area (Å²) in [6.45, 7) is 2.02. The van der Waals surface area contributed by atoms with Crippen LogP contribution in [-0.2, 0) is 19.6 Å². The number of aryl methyl sites for hydroxylation is 1. The number of ketones is 1. The zero-order valence-electron chi connectivity index (χ0n) is 16.0. The van der Waals surface area contributed by atoms with E-state index < -0.39 is 21.9 Å². The van der Waals surface area contributed by atoms with Gasteiger partial charge in [-0.15, -0.1) is 0 Å². The molecule has 0 radical (unpaired) electrons. The summed E-state index contributed by atoms with van der Waals surface area (Å²) in [5.74, 6) is -1.20. The summed E-state index contributed by atoms with van der Waals surface area (Å²) in [5, 5.41) is 0.519. The van der Waals surface area contributed by atoms with Crippen molar-refractivity contribution < 1.29 is 22.7 Å². The Balaban J connectivity index is 1.52. The monoisotopic (exact) mass is 435 g/mol. The number of hydrogen-bond acceptors (Lipinski definition) is 5. The lowest BCUT2D eigenvalue weighted by atomic mass is 9.98. The highest BCUT2D eigenvalue weighted by Gasteiger charge is 2.33. The van der Waals surface area contributed by atoms with Gasteiger partial charge in [-0.1, -0.05) is 29.3 Å². The largest absolute Gasteiger partial charge is 0.457 e. The molecule has 1 heterocycles. The molecule has 2 aromatic rings. The molecule has 0 unspecified atom stereocenters. The van der Waals surface area contributed by atoms with Gasteiger partial charge in [0.25, 0.3) is 0 Å². The maximum atomic E-state index is 12.7. The van der Waals surface area contributed by atoms with Gasteiger partial charge < -0.3 is 4.74 Å². The Morgan fingerprint density at radius 2 is 1.62 bits per heavy atom. The average Bonchev–Trinajstić information content (AvgIpc) is 2.72. The number of hydrogen-bond donors (Lipinski definition) is 0. The molecule has 1 saturated heterocycles. The number of nitrogens with zero attached hydrogens (tertiary/aromatic N) is 1. The highest BCUT2D eigenvalue weighted by atomic mass is 35.5. The number of sulfonamides is 1. The number of piperidine rings is 1. The van der Waals surface area contributed by atoms with Crippen LogP contribution in [0, 0.1) is 12.8 Å². The van der Waals surface area contributed by atoms with Crippen molar-refractivity contribution in [3.8, 4) is 0 Å². The summed E-state index contributed by atoms with van der Waals surface area (Å²) in [6, 6.07) is 13.0. The molecule has 0 aliphatic carbocycles. The third-order valence-electron chi connectivity index (χ3n) is 4.96. The van der Waals surface area contributed by atoms with Crippen LogP contribution in [0.4, 0.5) is 0 Å². The first kappa shape index (κ1) is 21.5. The summed E-state index contributed by atoms with van der Waals surface area (Å²) >= 11 is 5.79.